The second kappa shape index (κ2) is 14.6. The van der Waals surface area contributed by atoms with Crippen LogP contribution in [0.3, 0.4) is 0 Å². The molecule has 0 unspecified atom stereocenters. The summed E-state index contributed by atoms with van der Waals surface area (Å²) >= 11 is 0. The Morgan fingerprint density at radius 2 is 1.02 bits per heavy atom. The van der Waals surface area contributed by atoms with Gasteiger partial charge in [-0.15, -0.1) is 0 Å². The fourth-order valence-electron chi connectivity index (χ4n) is 6.63. The molecule has 0 bridgehead atoms. The second-order valence-corrected chi connectivity index (χ2v) is 13.7. The van der Waals surface area contributed by atoms with Gasteiger partial charge in [0.25, 0.3) is 0 Å². The summed E-state index contributed by atoms with van der Waals surface area (Å²) in [5.74, 6) is 1.66. The molecule has 1 aliphatic carbocycles. The number of para-hydroxylation sites is 2. The molecule has 0 radical (unpaired) electrons. The Balaban J connectivity index is 1.95. The number of rotatable bonds is 8. The summed E-state index contributed by atoms with van der Waals surface area (Å²) in [4.78, 5) is 0. The summed E-state index contributed by atoms with van der Waals surface area (Å²) in [7, 11) is 0. The molecular weight excluding hydrogens is 500 g/mol. The normalized spacial score (nSPS) is 16.1. The second-order valence-electron chi connectivity index (χ2n) is 13.7. The van der Waals surface area contributed by atoms with Crippen molar-refractivity contribution < 1.29 is 9.30 Å². The van der Waals surface area contributed by atoms with Gasteiger partial charge in [-0.1, -0.05) is 130 Å². The van der Waals surface area contributed by atoms with Gasteiger partial charge in [0.15, 0.2) is 0 Å². The first-order chi connectivity index (χ1) is 19.7. The Morgan fingerprint density at radius 3 is 1.46 bits per heavy atom. The van der Waals surface area contributed by atoms with Crippen LogP contribution >= 0.6 is 0 Å². The Hall–Kier alpha value is -2.55. The van der Waals surface area contributed by atoms with Crippen molar-refractivity contribution in [2.24, 2.45) is 0 Å². The van der Waals surface area contributed by atoms with Crippen LogP contribution in [0.15, 0.2) is 48.8 Å². The molecule has 41 heavy (non-hydrogen) atoms. The van der Waals surface area contributed by atoms with Crippen LogP contribution in [0.1, 0.15) is 166 Å². The van der Waals surface area contributed by atoms with E-state index in [0.29, 0.717) is 23.7 Å². The number of benzene rings is 2. The van der Waals surface area contributed by atoms with Crippen molar-refractivity contribution in [3.05, 3.63) is 71.0 Å². The van der Waals surface area contributed by atoms with Crippen molar-refractivity contribution in [3.63, 3.8) is 0 Å². The molecule has 0 saturated heterocycles. The number of hydrogen-bond donors (Lipinski definition) is 0. The van der Waals surface area contributed by atoms with E-state index in [-0.39, 0.29) is 6.10 Å². The van der Waals surface area contributed by atoms with E-state index in [2.05, 4.69) is 113 Å². The van der Waals surface area contributed by atoms with Gasteiger partial charge >= 0.3 is 6.01 Å². The highest BCUT2D eigenvalue weighted by Crippen LogP contribution is 2.36. The van der Waals surface area contributed by atoms with E-state index in [4.69, 9.17) is 4.74 Å². The summed E-state index contributed by atoms with van der Waals surface area (Å²) in [6.45, 7) is 18.5. The number of ether oxygens (including phenoxy) is 1. The molecule has 0 atom stereocenters. The van der Waals surface area contributed by atoms with Crippen LogP contribution in [-0.4, -0.2) is 10.7 Å². The number of imidazole rings is 1. The fourth-order valence-corrected chi connectivity index (χ4v) is 6.63. The zero-order chi connectivity index (χ0) is 29.5. The van der Waals surface area contributed by atoms with Crippen LogP contribution in [0, 0.1) is 0 Å². The number of aromatic nitrogens is 2. The molecular formula is C38H57N2O+. The molecule has 1 saturated carbocycles. The molecule has 1 aliphatic rings. The molecule has 1 aromatic heterocycles. The van der Waals surface area contributed by atoms with Gasteiger partial charge in [0.2, 0.25) is 0 Å². The van der Waals surface area contributed by atoms with Crippen molar-refractivity contribution in [2.45, 2.75) is 149 Å². The first-order valence-corrected chi connectivity index (χ1v) is 16.8. The van der Waals surface area contributed by atoms with Crippen LogP contribution in [0.25, 0.3) is 11.4 Å². The molecule has 1 heterocycles. The highest BCUT2D eigenvalue weighted by molar-refractivity contribution is 5.53. The van der Waals surface area contributed by atoms with Gasteiger partial charge in [-0.05, 0) is 49.4 Å². The zero-order valence-corrected chi connectivity index (χ0v) is 27.4. The Labute approximate surface area is 251 Å². The molecule has 4 rings (SSSR count). The SMILES string of the molecule is CC(C)c1cccc(C(C)C)c1-n1cc[n+](-c2c(C(C)C)cccc2C(C)C)c1OC1CCCCCCCCCC1. The maximum Gasteiger partial charge on any atom is 0.467 e. The smallest absolute Gasteiger partial charge is 0.427 e. The Kier molecular flexibility index (Phi) is 11.1. The van der Waals surface area contributed by atoms with E-state index in [1.807, 2.05) is 0 Å². The van der Waals surface area contributed by atoms with E-state index in [1.165, 1.54) is 85.0 Å². The predicted octanol–water partition coefficient (Wildman–Crippen LogP) is 10.9. The third kappa shape index (κ3) is 7.46. The molecule has 0 spiro atoms. The van der Waals surface area contributed by atoms with Crippen LogP contribution in [0.4, 0.5) is 0 Å². The molecule has 1 fully saturated rings. The monoisotopic (exact) mass is 557 g/mol. The van der Waals surface area contributed by atoms with E-state index in [0.717, 1.165) is 18.9 Å². The highest BCUT2D eigenvalue weighted by Gasteiger charge is 2.32. The summed E-state index contributed by atoms with van der Waals surface area (Å²) in [5, 5.41) is 0. The van der Waals surface area contributed by atoms with E-state index in [1.54, 1.807) is 0 Å². The topological polar surface area (TPSA) is 18.0 Å². The Morgan fingerprint density at radius 1 is 0.610 bits per heavy atom. The zero-order valence-electron chi connectivity index (χ0n) is 27.4. The summed E-state index contributed by atoms with van der Waals surface area (Å²) in [5.41, 5.74) is 8.13. The van der Waals surface area contributed by atoms with Gasteiger partial charge in [0.1, 0.15) is 29.9 Å². The van der Waals surface area contributed by atoms with E-state index in [9.17, 15) is 0 Å². The van der Waals surface area contributed by atoms with E-state index >= 15 is 0 Å². The van der Waals surface area contributed by atoms with Gasteiger partial charge in [0, 0.05) is 22.3 Å². The number of nitrogens with zero attached hydrogens (tertiary/aromatic N) is 2. The standard InChI is InChI=1S/C38H57N2O/c1-27(2)32-21-17-22-33(28(3)4)36(32)39-25-26-40(37-34(29(5)6)23-18-24-35(37)30(7)8)38(39)41-31-19-15-13-11-9-10-12-14-16-20-31/h17-18,21-31H,9-16,19-20H2,1-8H3/q+1. The molecule has 2 aromatic carbocycles. The van der Waals surface area contributed by atoms with Gasteiger partial charge < -0.3 is 4.74 Å². The van der Waals surface area contributed by atoms with E-state index < -0.39 is 0 Å². The average Bonchev–Trinajstić information content (AvgIpc) is 3.32. The lowest BCUT2D eigenvalue weighted by molar-refractivity contribution is -0.605. The minimum absolute atomic E-state index is 0.232. The fraction of sp³-hybridized carbons (Fsp3) is 0.605. The quantitative estimate of drug-likeness (QED) is 0.252. The first-order valence-electron chi connectivity index (χ1n) is 16.8. The van der Waals surface area contributed by atoms with Crippen LogP contribution in [0.5, 0.6) is 6.01 Å². The predicted molar refractivity (Wildman–Crippen MR) is 174 cm³/mol. The molecule has 0 amide bonds. The third-order valence-corrected chi connectivity index (χ3v) is 9.02. The molecule has 3 nitrogen and oxygen atoms in total. The molecule has 0 aliphatic heterocycles. The summed E-state index contributed by atoms with van der Waals surface area (Å²) < 4.78 is 12.1. The van der Waals surface area contributed by atoms with Crippen LogP contribution < -0.4 is 9.30 Å². The van der Waals surface area contributed by atoms with Crippen molar-refractivity contribution >= 4 is 0 Å². The number of hydrogen-bond acceptors (Lipinski definition) is 1. The van der Waals surface area contributed by atoms with Gasteiger partial charge in [0.05, 0.1) is 0 Å². The molecule has 3 aromatic rings. The lowest BCUT2D eigenvalue weighted by atomic mass is 9.92. The average molecular weight is 558 g/mol. The van der Waals surface area contributed by atoms with Crippen molar-refractivity contribution in [2.75, 3.05) is 0 Å². The highest BCUT2D eigenvalue weighted by atomic mass is 16.5. The lowest BCUT2D eigenvalue weighted by Crippen LogP contribution is -2.37. The van der Waals surface area contributed by atoms with Gasteiger partial charge in [-0.2, -0.15) is 9.13 Å². The minimum atomic E-state index is 0.232. The van der Waals surface area contributed by atoms with Gasteiger partial charge in [-0.25, -0.2) is 0 Å². The summed E-state index contributed by atoms with van der Waals surface area (Å²) in [6.07, 6.45) is 17.7. The third-order valence-electron chi connectivity index (χ3n) is 9.02. The van der Waals surface area contributed by atoms with Crippen molar-refractivity contribution in [3.8, 4) is 17.4 Å². The Bertz CT molecular complexity index is 1100. The summed E-state index contributed by atoms with van der Waals surface area (Å²) in [6, 6.07) is 14.7. The minimum Gasteiger partial charge on any atom is -0.427 e. The maximum atomic E-state index is 7.30. The van der Waals surface area contributed by atoms with Crippen LogP contribution in [0.2, 0.25) is 0 Å². The first kappa shape index (κ1) is 31.4. The van der Waals surface area contributed by atoms with Gasteiger partial charge in [-0.3, -0.25) is 0 Å². The van der Waals surface area contributed by atoms with Crippen molar-refractivity contribution in [1.82, 2.24) is 4.57 Å². The van der Waals surface area contributed by atoms with Crippen molar-refractivity contribution in [1.29, 1.82) is 0 Å². The van der Waals surface area contributed by atoms with Crippen LogP contribution in [-0.2, 0) is 0 Å². The largest absolute Gasteiger partial charge is 0.467 e. The molecule has 3 heteroatoms. The maximum absolute atomic E-state index is 7.30. The molecule has 224 valence electrons. The lowest BCUT2D eigenvalue weighted by Gasteiger charge is -2.22. The molecule has 0 N–H and O–H groups in total.